The van der Waals surface area contributed by atoms with Gasteiger partial charge >= 0.3 is 0 Å². The molecule has 0 aromatic heterocycles. The lowest BCUT2D eigenvalue weighted by Gasteiger charge is -2.66. The van der Waals surface area contributed by atoms with Crippen molar-refractivity contribution in [3.8, 4) is 0 Å². The molecule has 3 rings (SSSR count). The van der Waals surface area contributed by atoms with E-state index in [0.29, 0.717) is 10.8 Å². The van der Waals surface area contributed by atoms with Crippen LogP contribution in [0.3, 0.4) is 0 Å². The first-order chi connectivity index (χ1) is 9.04. The number of unbranched alkanes of at least 4 members (excludes halogenated alkanes) is 6. The van der Waals surface area contributed by atoms with E-state index in [1.54, 1.807) is 0 Å². The molecule has 3 atom stereocenters. The molecule has 2 bridgehead atoms. The Morgan fingerprint density at radius 2 is 1.58 bits per heavy atom. The van der Waals surface area contributed by atoms with Crippen LogP contribution in [0.2, 0.25) is 0 Å². The normalized spacial score (nSPS) is 35.2. The van der Waals surface area contributed by atoms with Crippen LogP contribution >= 0.6 is 0 Å². The van der Waals surface area contributed by atoms with Gasteiger partial charge in [-0.25, -0.2) is 0 Å². The molecular formula is C19H34. The molecule has 1 saturated carbocycles. The van der Waals surface area contributed by atoms with Crippen molar-refractivity contribution in [1.29, 1.82) is 0 Å². The van der Waals surface area contributed by atoms with Gasteiger partial charge < -0.3 is 0 Å². The molecule has 0 spiro atoms. The molecule has 0 saturated heterocycles. The summed E-state index contributed by atoms with van der Waals surface area (Å²) in [5.41, 5.74) is 1.19. The minimum atomic E-state index is 0.559. The number of hydrogen-bond donors (Lipinski definition) is 0. The number of hydrogen-bond acceptors (Lipinski definition) is 0. The van der Waals surface area contributed by atoms with E-state index in [0.717, 1.165) is 11.8 Å². The van der Waals surface area contributed by atoms with Crippen LogP contribution in [-0.2, 0) is 0 Å². The van der Waals surface area contributed by atoms with E-state index in [2.05, 4.69) is 39.8 Å². The predicted octanol–water partition coefficient (Wildman–Crippen LogP) is 6.37. The second kappa shape index (κ2) is 6.02. The van der Waals surface area contributed by atoms with Crippen molar-refractivity contribution in [2.75, 3.05) is 0 Å². The summed E-state index contributed by atoms with van der Waals surface area (Å²) in [6.45, 7) is 9.78. The van der Waals surface area contributed by atoms with Crippen molar-refractivity contribution in [2.45, 2.75) is 85.5 Å². The predicted molar refractivity (Wildman–Crippen MR) is 85.2 cm³/mol. The van der Waals surface area contributed by atoms with Crippen LogP contribution < -0.4 is 0 Å². The SMILES string of the molecule is CCCCCCCCCC12CC(C=CC1C)C2(C)C. The second-order valence-corrected chi connectivity index (χ2v) is 7.73. The molecule has 0 amide bonds. The third kappa shape index (κ3) is 2.65. The van der Waals surface area contributed by atoms with Gasteiger partial charge in [0.15, 0.2) is 0 Å². The van der Waals surface area contributed by atoms with Crippen LogP contribution in [-0.4, -0.2) is 0 Å². The molecule has 0 nitrogen and oxygen atoms in total. The molecule has 0 aliphatic heterocycles. The van der Waals surface area contributed by atoms with Gasteiger partial charge in [0.2, 0.25) is 0 Å². The second-order valence-electron chi connectivity index (χ2n) is 7.73. The topological polar surface area (TPSA) is 0 Å². The van der Waals surface area contributed by atoms with Crippen LogP contribution in [0.4, 0.5) is 0 Å². The summed E-state index contributed by atoms with van der Waals surface area (Å²) in [5, 5.41) is 0. The Labute approximate surface area is 121 Å². The van der Waals surface area contributed by atoms with E-state index in [-0.39, 0.29) is 0 Å². The quantitative estimate of drug-likeness (QED) is 0.352. The third-order valence-corrected chi connectivity index (χ3v) is 6.52. The van der Waals surface area contributed by atoms with Crippen LogP contribution in [0.5, 0.6) is 0 Å². The first kappa shape index (κ1) is 15.1. The summed E-state index contributed by atoms with van der Waals surface area (Å²) in [5.74, 6) is 1.67. The van der Waals surface area contributed by atoms with E-state index in [1.807, 2.05) is 0 Å². The first-order valence-electron chi connectivity index (χ1n) is 8.73. The van der Waals surface area contributed by atoms with Gasteiger partial charge in [-0.05, 0) is 35.5 Å². The van der Waals surface area contributed by atoms with Gasteiger partial charge in [0.25, 0.3) is 0 Å². The fourth-order valence-corrected chi connectivity index (χ4v) is 4.76. The lowest BCUT2D eigenvalue weighted by atomic mass is 9.38. The smallest absolute Gasteiger partial charge is 0.0171 e. The average molecular weight is 262 g/mol. The number of rotatable bonds is 8. The number of fused-ring (bicyclic) bond motifs is 1. The molecule has 3 aliphatic rings. The summed E-state index contributed by atoms with van der Waals surface area (Å²) in [6, 6.07) is 0. The van der Waals surface area contributed by atoms with E-state index in [1.165, 1.54) is 57.8 Å². The molecule has 110 valence electrons. The lowest BCUT2D eigenvalue weighted by Crippen LogP contribution is -2.59. The van der Waals surface area contributed by atoms with Crippen molar-refractivity contribution in [1.82, 2.24) is 0 Å². The van der Waals surface area contributed by atoms with Crippen molar-refractivity contribution in [3.05, 3.63) is 12.2 Å². The van der Waals surface area contributed by atoms with Gasteiger partial charge in [-0.1, -0.05) is 84.8 Å². The summed E-state index contributed by atoms with van der Waals surface area (Å²) in [6.07, 6.45) is 18.0. The summed E-state index contributed by atoms with van der Waals surface area (Å²) in [7, 11) is 0. The molecule has 0 aromatic rings. The van der Waals surface area contributed by atoms with E-state index in [4.69, 9.17) is 0 Å². The molecule has 19 heavy (non-hydrogen) atoms. The summed E-state index contributed by atoms with van der Waals surface area (Å²) < 4.78 is 0. The van der Waals surface area contributed by atoms with E-state index in [9.17, 15) is 0 Å². The Hall–Kier alpha value is -0.260. The third-order valence-electron chi connectivity index (χ3n) is 6.52. The van der Waals surface area contributed by atoms with Crippen LogP contribution in [0.1, 0.15) is 85.5 Å². The summed E-state index contributed by atoms with van der Waals surface area (Å²) in [4.78, 5) is 0. The lowest BCUT2D eigenvalue weighted by molar-refractivity contribution is -0.142. The maximum Gasteiger partial charge on any atom is -0.0171 e. The Morgan fingerprint density at radius 3 is 2.16 bits per heavy atom. The fourth-order valence-electron chi connectivity index (χ4n) is 4.76. The van der Waals surface area contributed by atoms with Crippen molar-refractivity contribution in [3.63, 3.8) is 0 Å². The molecule has 0 radical (unpaired) electrons. The van der Waals surface area contributed by atoms with Gasteiger partial charge in [0.1, 0.15) is 0 Å². The van der Waals surface area contributed by atoms with Crippen LogP contribution in [0.25, 0.3) is 0 Å². The van der Waals surface area contributed by atoms with Crippen molar-refractivity contribution < 1.29 is 0 Å². The van der Waals surface area contributed by atoms with Gasteiger partial charge in [-0.2, -0.15) is 0 Å². The molecule has 0 aromatic carbocycles. The fraction of sp³-hybridized carbons (Fsp3) is 0.895. The monoisotopic (exact) mass is 262 g/mol. The molecule has 0 heteroatoms. The van der Waals surface area contributed by atoms with Crippen molar-refractivity contribution in [2.24, 2.45) is 22.7 Å². The van der Waals surface area contributed by atoms with Crippen LogP contribution in [0, 0.1) is 22.7 Å². The average Bonchev–Trinajstić information content (AvgIpc) is 2.38. The zero-order valence-electron chi connectivity index (χ0n) is 13.7. The Kier molecular flexibility index (Phi) is 4.79. The Balaban J connectivity index is 1.72. The maximum atomic E-state index is 2.52. The minimum Gasteiger partial charge on any atom is -0.0848 e. The highest BCUT2D eigenvalue weighted by Gasteiger charge is 2.61. The van der Waals surface area contributed by atoms with Gasteiger partial charge in [0, 0.05) is 0 Å². The largest absolute Gasteiger partial charge is 0.0848 e. The highest BCUT2D eigenvalue weighted by Crippen LogP contribution is 2.69. The first-order valence-corrected chi connectivity index (χ1v) is 8.73. The highest BCUT2D eigenvalue weighted by atomic mass is 14.7. The van der Waals surface area contributed by atoms with Crippen molar-refractivity contribution >= 4 is 0 Å². The van der Waals surface area contributed by atoms with Gasteiger partial charge in [0.05, 0.1) is 0 Å². The van der Waals surface area contributed by atoms with Gasteiger partial charge in [-0.15, -0.1) is 0 Å². The number of allylic oxidation sites excluding steroid dienone is 2. The highest BCUT2D eigenvalue weighted by molar-refractivity contribution is 5.23. The minimum absolute atomic E-state index is 0.559. The zero-order chi connectivity index (χ0) is 13.9. The van der Waals surface area contributed by atoms with Gasteiger partial charge in [-0.3, -0.25) is 0 Å². The molecule has 3 unspecified atom stereocenters. The Bertz CT molecular complexity index is 312. The maximum absolute atomic E-state index is 2.52. The molecular weight excluding hydrogens is 228 g/mol. The standard InChI is InChI=1S/C19H34/c1-5-6-7-8-9-10-11-14-19-15-17(18(19,3)4)13-12-16(19)2/h12-13,16-17H,5-11,14-15H2,1-4H3. The summed E-state index contributed by atoms with van der Waals surface area (Å²) >= 11 is 0. The molecule has 1 fully saturated rings. The van der Waals surface area contributed by atoms with Crippen LogP contribution in [0.15, 0.2) is 12.2 Å². The molecule has 0 heterocycles. The Morgan fingerprint density at radius 1 is 0.947 bits per heavy atom. The zero-order valence-corrected chi connectivity index (χ0v) is 13.7. The van der Waals surface area contributed by atoms with E-state index < -0.39 is 0 Å². The molecule has 3 aliphatic carbocycles. The van der Waals surface area contributed by atoms with E-state index >= 15 is 0 Å². The molecule has 0 N–H and O–H groups in total.